The summed E-state index contributed by atoms with van der Waals surface area (Å²) < 4.78 is 27.3. The molecule has 2 aliphatic carbocycles. The Hall–Kier alpha value is -4.88. The number of carbonyl (C=O) groups is 5. The van der Waals surface area contributed by atoms with Gasteiger partial charge in [0, 0.05) is 29.9 Å². The van der Waals surface area contributed by atoms with Crippen molar-refractivity contribution in [1.29, 1.82) is 0 Å². The van der Waals surface area contributed by atoms with Crippen molar-refractivity contribution in [2.24, 2.45) is 11.3 Å². The molecule has 2 N–H and O–H groups in total. The quantitative estimate of drug-likeness (QED) is 0.200. The second kappa shape index (κ2) is 14.5. The average molecular weight is 695 g/mol. The zero-order valence-corrected chi connectivity index (χ0v) is 29.4. The van der Waals surface area contributed by atoms with E-state index in [1.54, 1.807) is 45.0 Å². The number of methoxy groups -OCH3 is 3. The van der Waals surface area contributed by atoms with Gasteiger partial charge >= 0.3 is 18.0 Å². The first-order chi connectivity index (χ1) is 23.7. The molecule has 2 saturated carbocycles. The summed E-state index contributed by atoms with van der Waals surface area (Å²) in [7, 11) is 3.99. The molecule has 0 spiro atoms. The first-order valence-corrected chi connectivity index (χ1v) is 16.8. The van der Waals surface area contributed by atoms with E-state index >= 15 is 0 Å². The Morgan fingerprint density at radius 1 is 1.04 bits per heavy atom. The topological polar surface area (TPSA) is 172 Å². The number of rotatable bonds is 11. The summed E-state index contributed by atoms with van der Waals surface area (Å²) in [6, 6.07) is 4.39. The van der Waals surface area contributed by atoms with Gasteiger partial charge in [-0.2, -0.15) is 0 Å². The van der Waals surface area contributed by atoms with Crippen molar-refractivity contribution in [2.75, 3.05) is 27.9 Å². The van der Waals surface area contributed by atoms with Gasteiger partial charge in [-0.25, -0.2) is 19.4 Å². The number of nitrogens with zero attached hydrogens (tertiary/aromatic N) is 2. The molecular formula is C36H46N4O10. The number of pyridine rings is 1. The third-order valence-electron chi connectivity index (χ3n) is 9.66. The summed E-state index contributed by atoms with van der Waals surface area (Å²) >= 11 is 0. The largest absolute Gasteiger partial charge is 0.497 e. The average Bonchev–Trinajstić information content (AvgIpc) is 3.36. The van der Waals surface area contributed by atoms with Crippen LogP contribution in [0, 0.1) is 11.3 Å². The van der Waals surface area contributed by atoms with Crippen LogP contribution in [0.2, 0.25) is 0 Å². The van der Waals surface area contributed by atoms with E-state index in [2.05, 4.69) is 22.2 Å². The van der Waals surface area contributed by atoms with Crippen molar-refractivity contribution in [3.8, 4) is 11.5 Å². The molecule has 5 atom stereocenters. The molecule has 0 bridgehead atoms. The number of esters is 2. The SMILES string of the molecule is C=CC1CC1(NC(=O)C1CC(Oc2cc(C(=O)OC)nc3cc(OC)ccc23)CN1C(=O)C(NC(=O)OC1CCCC1)C(C)(C)C)C(=O)OC. The number of aromatic nitrogens is 1. The molecule has 270 valence electrons. The summed E-state index contributed by atoms with van der Waals surface area (Å²) in [4.78, 5) is 72.7. The highest BCUT2D eigenvalue weighted by molar-refractivity contribution is 5.97. The fourth-order valence-electron chi connectivity index (χ4n) is 6.78. The van der Waals surface area contributed by atoms with E-state index in [9.17, 15) is 24.0 Å². The highest BCUT2D eigenvalue weighted by Crippen LogP contribution is 2.45. The van der Waals surface area contributed by atoms with Crippen LogP contribution in [-0.2, 0) is 28.6 Å². The molecule has 2 aromatic rings. The lowest BCUT2D eigenvalue weighted by Crippen LogP contribution is -2.59. The Labute approximate surface area is 291 Å². The number of ether oxygens (including phenoxy) is 5. The number of likely N-dealkylation sites (tertiary alicyclic amines) is 1. The minimum absolute atomic E-state index is 0.00883. The Kier molecular flexibility index (Phi) is 10.6. The van der Waals surface area contributed by atoms with Crippen LogP contribution in [0.3, 0.4) is 0 Å². The number of benzene rings is 1. The lowest BCUT2D eigenvalue weighted by Gasteiger charge is -2.35. The van der Waals surface area contributed by atoms with Crippen LogP contribution in [0.25, 0.3) is 10.9 Å². The second-order valence-corrected chi connectivity index (χ2v) is 14.1. The van der Waals surface area contributed by atoms with E-state index in [-0.39, 0.29) is 36.4 Å². The Balaban J connectivity index is 1.47. The molecule has 5 rings (SSSR count). The van der Waals surface area contributed by atoms with Crippen LogP contribution in [0.4, 0.5) is 4.79 Å². The Bertz CT molecular complexity index is 1670. The highest BCUT2D eigenvalue weighted by Gasteiger charge is 2.62. The van der Waals surface area contributed by atoms with Gasteiger partial charge in [0.05, 0.1) is 33.4 Å². The zero-order chi connectivity index (χ0) is 36.4. The molecule has 3 aliphatic rings. The van der Waals surface area contributed by atoms with Crippen LogP contribution < -0.4 is 20.1 Å². The number of alkyl carbamates (subject to hydrolysis) is 1. The lowest BCUT2D eigenvalue weighted by molar-refractivity contribution is -0.148. The van der Waals surface area contributed by atoms with E-state index in [1.807, 2.05) is 0 Å². The van der Waals surface area contributed by atoms with Gasteiger partial charge in [-0.3, -0.25) is 9.59 Å². The normalized spacial score (nSPS) is 23.8. The number of hydrogen-bond acceptors (Lipinski definition) is 11. The molecular weight excluding hydrogens is 648 g/mol. The summed E-state index contributed by atoms with van der Waals surface area (Å²) in [5.74, 6) is -1.95. The monoisotopic (exact) mass is 694 g/mol. The fourth-order valence-corrected chi connectivity index (χ4v) is 6.78. The van der Waals surface area contributed by atoms with Gasteiger partial charge in [-0.15, -0.1) is 6.58 Å². The molecule has 14 heteroatoms. The number of nitrogens with one attached hydrogen (secondary N) is 2. The van der Waals surface area contributed by atoms with Crippen molar-refractivity contribution >= 4 is 40.7 Å². The summed E-state index contributed by atoms with van der Waals surface area (Å²) in [5, 5.41) is 6.17. The molecule has 1 aromatic carbocycles. The number of hydrogen-bond donors (Lipinski definition) is 2. The summed E-state index contributed by atoms with van der Waals surface area (Å²) in [6.45, 7) is 9.15. The third kappa shape index (κ3) is 7.48. The van der Waals surface area contributed by atoms with Crippen LogP contribution in [0.5, 0.6) is 11.5 Å². The molecule has 14 nitrogen and oxygen atoms in total. The molecule has 3 fully saturated rings. The minimum Gasteiger partial charge on any atom is -0.497 e. The lowest BCUT2D eigenvalue weighted by atomic mass is 9.85. The van der Waals surface area contributed by atoms with Crippen LogP contribution in [0.15, 0.2) is 36.9 Å². The van der Waals surface area contributed by atoms with Crippen molar-refractivity contribution in [3.63, 3.8) is 0 Å². The van der Waals surface area contributed by atoms with Crippen LogP contribution in [0.1, 0.15) is 69.8 Å². The van der Waals surface area contributed by atoms with E-state index in [0.29, 0.717) is 23.1 Å². The van der Waals surface area contributed by atoms with Crippen LogP contribution in [-0.4, -0.2) is 97.4 Å². The second-order valence-electron chi connectivity index (χ2n) is 14.1. The predicted octanol–water partition coefficient (Wildman–Crippen LogP) is 3.70. The van der Waals surface area contributed by atoms with Gasteiger partial charge in [-0.1, -0.05) is 26.8 Å². The maximum atomic E-state index is 14.5. The van der Waals surface area contributed by atoms with Crippen LogP contribution >= 0.6 is 0 Å². The van der Waals surface area contributed by atoms with Gasteiger partial charge in [0.15, 0.2) is 5.69 Å². The number of fused-ring (bicyclic) bond motifs is 1. The van der Waals surface area contributed by atoms with Gasteiger partial charge in [0.25, 0.3) is 0 Å². The molecule has 1 aromatic heterocycles. The standard InChI is InChI=1S/C36H46N4O10/c1-8-20-18-36(20,33(44)48-7)39-30(41)27-16-23(49-28-17-26(32(43)47-6)37-25-15-22(46-5)13-14-24(25)28)19-40(27)31(42)29(35(2,3)4)38-34(45)50-21-11-9-10-12-21/h8,13-15,17,20-21,23,27,29H,1,9-12,16,18-19H2,2-7H3,(H,38,45)(H,39,41). The van der Waals surface area contributed by atoms with E-state index in [4.69, 9.17) is 23.7 Å². The van der Waals surface area contributed by atoms with Crippen molar-refractivity contribution in [2.45, 2.75) is 89.1 Å². The van der Waals surface area contributed by atoms with Gasteiger partial charge < -0.3 is 39.2 Å². The predicted molar refractivity (Wildman–Crippen MR) is 180 cm³/mol. The summed E-state index contributed by atoms with van der Waals surface area (Å²) in [6.07, 6.45) is 3.70. The molecule has 5 unspecified atom stereocenters. The summed E-state index contributed by atoms with van der Waals surface area (Å²) in [5.41, 5.74) is -1.68. The maximum absolute atomic E-state index is 14.5. The first kappa shape index (κ1) is 36.4. The molecule has 0 radical (unpaired) electrons. The van der Waals surface area contributed by atoms with E-state index in [1.165, 1.54) is 32.3 Å². The van der Waals surface area contributed by atoms with Crippen molar-refractivity contribution < 1.29 is 47.7 Å². The fraction of sp³-hybridized carbons (Fsp3) is 0.556. The van der Waals surface area contributed by atoms with E-state index in [0.717, 1.165) is 25.7 Å². The molecule has 3 amide bonds. The molecule has 2 heterocycles. The van der Waals surface area contributed by atoms with E-state index < -0.39 is 59.0 Å². The highest BCUT2D eigenvalue weighted by atomic mass is 16.6. The van der Waals surface area contributed by atoms with Crippen molar-refractivity contribution in [1.82, 2.24) is 20.5 Å². The van der Waals surface area contributed by atoms with Crippen molar-refractivity contribution in [3.05, 3.63) is 42.6 Å². The molecule has 1 aliphatic heterocycles. The van der Waals surface area contributed by atoms with Gasteiger partial charge in [-0.05, 0) is 49.7 Å². The first-order valence-electron chi connectivity index (χ1n) is 16.8. The van der Waals surface area contributed by atoms with Gasteiger partial charge in [0.2, 0.25) is 11.8 Å². The zero-order valence-electron chi connectivity index (χ0n) is 29.4. The molecule has 1 saturated heterocycles. The third-order valence-corrected chi connectivity index (χ3v) is 9.66. The number of carbonyl (C=O) groups excluding carboxylic acids is 5. The maximum Gasteiger partial charge on any atom is 0.408 e. The smallest absolute Gasteiger partial charge is 0.408 e. The Morgan fingerprint density at radius 3 is 2.36 bits per heavy atom. The van der Waals surface area contributed by atoms with Gasteiger partial charge in [0.1, 0.15) is 41.3 Å². The molecule has 50 heavy (non-hydrogen) atoms. The minimum atomic E-state index is -1.30. The Morgan fingerprint density at radius 2 is 1.76 bits per heavy atom. The number of amides is 3.